The van der Waals surface area contributed by atoms with Crippen LogP contribution in [0.2, 0.25) is 0 Å². The average Bonchev–Trinajstić information content (AvgIpc) is 1.43. The van der Waals surface area contributed by atoms with Crippen molar-refractivity contribution in [3.8, 4) is 0 Å². The third-order valence-electron chi connectivity index (χ3n) is 0.395. The van der Waals surface area contributed by atoms with E-state index in [-0.39, 0.29) is 6.15 Å². The molecule has 0 saturated carbocycles. The summed E-state index contributed by atoms with van der Waals surface area (Å²) in [7, 11) is -10.9. The summed E-state index contributed by atoms with van der Waals surface area (Å²) in [5, 5.41) is 0. The summed E-state index contributed by atoms with van der Waals surface area (Å²) in [5.74, 6) is 0. The van der Waals surface area contributed by atoms with Gasteiger partial charge < -0.3 is 6.15 Å². The molecule has 0 heterocycles. The Morgan fingerprint density at radius 2 is 1.50 bits per heavy atom. The molecular formula is H7MoNO10P2. The van der Waals surface area contributed by atoms with E-state index in [0.717, 1.165) is 0 Å². The smallest absolute Gasteiger partial charge is 0.369 e. The average molecular weight is 339 g/mol. The molecule has 0 bridgehead atoms. The summed E-state index contributed by atoms with van der Waals surface area (Å²) in [6.45, 7) is 0. The number of hydrogen-bond donors (Lipinski definition) is 4. The van der Waals surface area contributed by atoms with E-state index in [1.54, 1.807) is 0 Å². The Balaban J connectivity index is 0. The van der Waals surface area contributed by atoms with Gasteiger partial charge in [-0.25, -0.2) is 0 Å². The fourth-order valence-electron chi connectivity index (χ4n) is 0.263. The van der Waals surface area contributed by atoms with Gasteiger partial charge in [-0.05, 0) is 0 Å². The summed E-state index contributed by atoms with van der Waals surface area (Å²) in [6, 6.07) is 0. The standard InChI is InChI=1S/Mo.H3N.H4O7P2.3O/c;;1-8(2,3)7-9(4,5)6;;;/h;1H3;(H2,1,2,3)(H2,4,5,6);;;/q+1;;;;;-1. The van der Waals surface area contributed by atoms with Crippen molar-refractivity contribution in [2.75, 3.05) is 0 Å². The molecule has 0 aromatic carbocycles. The Kier molecular flexibility index (Phi) is 6.03. The molecule has 0 aromatic heterocycles. The van der Waals surface area contributed by atoms with Gasteiger partial charge in [0.05, 0.1) is 0 Å². The maximum absolute atomic E-state index is 10.3. The first-order valence-electron chi connectivity index (χ1n) is 2.18. The quantitative estimate of drug-likeness (QED) is 0.348. The van der Waals surface area contributed by atoms with Crippen molar-refractivity contribution in [1.82, 2.24) is 6.15 Å². The van der Waals surface area contributed by atoms with E-state index in [1.807, 2.05) is 0 Å². The van der Waals surface area contributed by atoms with Crippen molar-refractivity contribution in [3.63, 3.8) is 0 Å². The van der Waals surface area contributed by atoms with Crippen LogP contribution < -0.4 is 9.91 Å². The predicted molar refractivity (Wildman–Crippen MR) is 31.4 cm³/mol. The summed E-state index contributed by atoms with van der Waals surface area (Å²) >= 11 is -6.62. The SMILES string of the molecule is O=P(O)(O)OP(=O)(O)[O][Mo](=[O])(=[O])[O-].[NH4+]. The molecule has 14 heavy (non-hydrogen) atoms. The second-order valence-electron chi connectivity index (χ2n) is 1.52. The molecule has 14 heteroatoms. The van der Waals surface area contributed by atoms with Gasteiger partial charge in [0.1, 0.15) is 0 Å². The third kappa shape index (κ3) is 10.5. The summed E-state index contributed by atoms with van der Waals surface area (Å²) in [6.07, 6.45) is 0. The minimum atomic E-state index is -6.62. The van der Waals surface area contributed by atoms with Gasteiger partial charge in [0.2, 0.25) is 0 Å². The topological polar surface area (TPSA) is 207 Å². The maximum Gasteiger partial charge on any atom is -0.369 e. The fraction of sp³-hybridized carbons (Fsp3) is 0. The van der Waals surface area contributed by atoms with Gasteiger partial charge in [-0.1, -0.05) is 0 Å². The van der Waals surface area contributed by atoms with E-state index in [4.69, 9.17) is 14.7 Å². The molecule has 0 rings (SSSR count). The van der Waals surface area contributed by atoms with Crippen LogP contribution in [-0.4, -0.2) is 14.7 Å². The van der Waals surface area contributed by atoms with Crippen molar-refractivity contribution < 1.29 is 58.6 Å². The van der Waals surface area contributed by atoms with E-state index in [1.165, 1.54) is 0 Å². The van der Waals surface area contributed by atoms with Gasteiger partial charge in [0, 0.05) is 0 Å². The second-order valence-corrected chi connectivity index (χ2v) is 7.35. The van der Waals surface area contributed by atoms with Crippen LogP contribution in [0.15, 0.2) is 0 Å². The van der Waals surface area contributed by atoms with Gasteiger partial charge in [0.15, 0.2) is 0 Å². The molecule has 0 aromatic rings. The molecular weight excluding hydrogens is 332 g/mol. The van der Waals surface area contributed by atoms with Crippen LogP contribution in [0.5, 0.6) is 0 Å². The van der Waals surface area contributed by atoms with Crippen LogP contribution in [0.1, 0.15) is 0 Å². The third-order valence-corrected chi connectivity index (χ3v) is 5.18. The van der Waals surface area contributed by atoms with E-state index >= 15 is 0 Å². The minimum absolute atomic E-state index is 0. The van der Waals surface area contributed by atoms with E-state index < -0.39 is 32.4 Å². The Hall–Kier alpha value is 0.468. The largest absolute Gasteiger partial charge is 0.369 e. The molecule has 1 unspecified atom stereocenters. The van der Waals surface area contributed by atoms with Crippen molar-refractivity contribution in [2.45, 2.75) is 0 Å². The zero-order valence-corrected chi connectivity index (χ0v) is 10.3. The molecule has 0 aliphatic heterocycles. The molecule has 11 nitrogen and oxygen atoms in total. The first kappa shape index (κ1) is 16.9. The van der Waals surface area contributed by atoms with Gasteiger partial charge in [-0.2, -0.15) is 0 Å². The van der Waals surface area contributed by atoms with Crippen LogP contribution in [-0.2, 0) is 40.2 Å². The van der Waals surface area contributed by atoms with Crippen molar-refractivity contribution in [1.29, 1.82) is 0 Å². The Morgan fingerprint density at radius 1 is 1.14 bits per heavy atom. The molecule has 7 N–H and O–H groups in total. The molecule has 0 spiro atoms. The number of rotatable bonds is 4. The van der Waals surface area contributed by atoms with E-state index in [9.17, 15) is 19.7 Å². The van der Waals surface area contributed by atoms with Crippen LogP contribution in [0.25, 0.3) is 0 Å². The molecule has 0 amide bonds. The first-order chi connectivity index (χ1) is 5.41. The molecule has 0 aliphatic rings. The van der Waals surface area contributed by atoms with Crippen molar-refractivity contribution >= 4 is 15.6 Å². The van der Waals surface area contributed by atoms with Crippen molar-refractivity contribution in [3.05, 3.63) is 0 Å². The zero-order chi connectivity index (χ0) is 10.9. The van der Waals surface area contributed by atoms with Gasteiger partial charge in [0.25, 0.3) is 0 Å². The number of hydrogen-bond acceptors (Lipinski definition) is 7. The maximum atomic E-state index is 10.3. The van der Waals surface area contributed by atoms with Crippen LogP contribution in [0, 0.1) is 0 Å². The number of phosphoric acid groups is 2. The van der Waals surface area contributed by atoms with Gasteiger partial charge >= 0.3 is 74.2 Å². The normalized spacial score (nSPS) is 16.9. The van der Waals surface area contributed by atoms with Gasteiger partial charge in [-0.15, -0.1) is 0 Å². The Labute approximate surface area is 80.8 Å². The Morgan fingerprint density at radius 3 is 1.71 bits per heavy atom. The van der Waals surface area contributed by atoms with E-state index in [2.05, 4.69) is 7.49 Å². The van der Waals surface area contributed by atoms with Crippen LogP contribution in [0.4, 0.5) is 0 Å². The fourth-order valence-corrected chi connectivity index (χ4v) is 3.98. The molecule has 88 valence electrons. The Bertz CT molecular complexity index is 360. The molecule has 0 radical (unpaired) electrons. The molecule has 0 aliphatic carbocycles. The van der Waals surface area contributed by atoms with Crippen LogP contribution in [0.3, 0.4) is 0 Å². The minimum Gasteiger partial charge on any atom is -0.369 e. The van der Waals surface area contributed by atoms with Gasteiger partial charge in [-0.3, -0.25) is 0 Å². The molecule has 0 saturated heterocycles. The summed E-state index contributed by atoms with van der Waals surface area (Å²) in [5.41, 5.74) is 0. The monoisotopic (exact) mass is 341 g/mol. The predicted octanol–water partition coefficient (Wildman–Crippen LogP) is -1.38. The summed E-state index contributed by atoms with van der Waals surface area (Å²) < 4.78 is 55.5. The van der Waals surface area contributed by atoms with Crippen LogP contribution >= 0.6 is 15.6 Å². The number of quaternary nitrogens is 1. The summed E-state index contributed by atoms with van der Waals surface area (Å²) in [4.78, 5) is 24.1. The van der Waals surface area contributed by atoms with Crippen molar-refractivity contribution in [2.24, 2.45) is 0 Å². The first-order valence-corrected chi connectivity index (χ1v) is 8.48. The molecule has 1 atom stereocenters. The molecule has 0 fully saturated rings. The second kappa shape index (κ2) is 5.00. The zero-order valence-electron chi connectivity index (χ0n) is 6.50. The van der Waals surface area contributed by atoms with E-state index in [0.29, 0.717) is 0 Å².